The van der Waals surface area contributed by atoms with Crippen molar-refractivity contribution >= 4 is 34.9 Å². The Bertz CT molecular complexity index is 676. The van der Waals surface area contributed by atoms with Crippen LogP contribution in [-0.2, 0) is 4.79 Å². The number of hydrogen-bond acceptors (Lipinski definition) is 3. The van der Waals surface area contributed by atoms with Crippen LogP contribution in [0.2, 0.25) is 5.02 Å². The predicted molar refractivity (Wildman–Crippen MR) is 92.4 cm³/mol. The molecule has 3 amide bonds. The van der Waals surface area contributed by atoms with E-state index in [1.165, 1.54) is 11.3 Å². The van der Waals surface area contributed by atoms with E-state index < -0.39 is 12.1 Å². The van der Waals surface area contributed by atoms with E-state index in [0.717, 1.165) is 10.4 Å². The molecule has 4 N–H and O–H groups in total. The van der Waals surface area contributed by atoms with Crippen molar-refractivity contribution in [2.75, 3.05) is 0 Å². The summed E-state index contributed by atoms with van der Waals surface area (Å²) in [6.07, 6.45) is 0.109. The van der Waals surface area contributed by atoms with E-state index in [1.54, 1.807) is 6.07 Å². The Labute approximate surface area is 143 Å². The zero-order valence-electron chi connectivity index (χ0n) is 12.6. The maximum atomic E-state index is 12.3. The van der Waals surface area contributed by atoms with Crippen molar-refractivity contribution < 1.29 is 9.59 Å². The molecule has 0 aliphatic rings. The largest absolute Gasteiger partial charge is 0.352 e. The molecule has 0 saturated carbocycles. The second-order valence-corrected chi connectivity index (χ2v) is 6.48. The number of hydrogen-bond donors (Lipinski definition) is 3. The van der Waals surface area contributed by atoms with Gasteiger partial charge in [-0.05, 0) is 30.0 Å². The molecule has 2 aromatic rings. The lowest BCUT2D eigenvalue weighted by atomic mass is 10.1. The average molecular weight is 352 g/mol. The minimum atomic E-state index is -0.657. The highest BCUT2D eigenvalue weighted by atomic mass is 35.5. The molecule has 122 valence electrons. The Morgan fingerprint density at radius 1 is 1.22 bits per heavy atom. The van der Waals surface area contributed by atoms with Crippen LogP contribution in [0.1, 0.15) is 35.9 Å². The van der Waals surface area contributed by atoms with Crippen molar-refractivity contribution in [1.29, 1.82) is 0 Å². The lowest BCUT2D eigenvalue weighted by Gasteiger charge is -2.19. The van der Waals surface area contributed by atoms with Crippen LogP contribution in [0, 0.1) is 0 Å². The highest BCUT2D eigenvalue weighted by Gasteiger charge is 2.20. The number of rotatable bonds is 6. The number of amides is 3. The highest BCUT2D eigenvalue weighted by Crippen LogP contribution is 2.24. The molecule has 0 fully saturated rings. The summed E-state index contributed by atoms with van der Waals surface area (Å²) in [4.78, 5) is 24.3. The summed E-state index contributed by atoms with van der Waals surface area (Å²) in [7, 11) is 0. The fourth-order valence-corrected chi connectivity index (χ4v) is 3.35. The molecule has 5 nitrogen and oxygen atoms in total. The molecule has 0 spiro atoms. The van der Waals surface area contributed by atoms with Crippen molar-refractivity contribution in [2.24, 2.45) is 5.73 Å². The fourth-order valence-electron chi connectivity index (χ4n) is 2.27. The van der Waals surface area contributed by atoms with E-state index >= 15 is 0 Å². The van der Waals surface area contributed by atoms with Crippen molar-refractivity contribution in [3.8, 4) is 0 Å². The molecular formula is C16H18ClN3O2S. The first kappa shape index (κ1) is 17.3. The van der Waals surface area contributed by atoms with Crippen molar-refractivity contribution in [2.45, 2.75) is 25.4 Å². The van der Waals surface area contributed by atoms with Gasteiger partial charge in [0.15, 0.2) is 0 Å². The maximum Gasteiger partial charge on any atom is 0.312 e. The van der Waals surface area contributed by atoms with Gasteiger partial charge in [-0.2, -0.15) is 0 Å². The lowest BCUT2D eigenvalue weighted by molar-refractivity contribution is -0.122. The fraction of sp³-hybridized carbons (Fsp3) is 0.250. The van der Waals surface area contributed by atoms with Gasteiger partial charge in [-0.3, -0.25) is 4.79 Å². The molecule has 0 unspecified atom stereocenters. The number of nitrogens with one attached hydrogen (secondary N) is 2. The molecule has 1 aromatic carbocycles. The monoisotopic (exact) mass is 351 g/mol. The van der Waals surface area contributed by atoms with Gasteiger partial charge >= 0.3 is 6.03 Å². The normalized spacial score (nSPS) is 13.1. The summed E-state index contributed by atoms with van der Waals surface area (Å²) in [6, 6.07) is 9.75. The van der Waals surface area contributed by atoms with Gasteiger partial charge in [-0.15, -0.1) is 11.3 Å². The van der Waals surface area contributed by atoms with Crippen LogP contribution < -0.4 is 16.4 Å². The molecule has 1 heterocycles. The van der Waals surface area contributed by atoms with Crippen LogP contribution in [-0.4, -0.2) is 11.9 Å². The summed E-state index contributed by atoms with van der Waals surface area (Å²) in [6.45, 7) is 1.86. The third-order valence-corrected chi connectivity index (χ3v) is 4.67. The summed E-state index contributed by atoms with van der Waals surface area (Å²) >= 11 is 7.60. The summed E-state index contributed by atoms with van der Waals surface area (Å²) in [5, 5.41) is 7.98. The number of carbonyl (C=O) groups excluding carboxylic acids is 2. The third kappa shape index (κ3) is 4.97. The van der Waals surface area contributed by atoms with Gasteiger partial charge in [-0.1, -0.05) is 35.9 Å². The van der Waals surface area contributed by atoms with Crippen LogP contribution in [0.3, 0.4) is 0 Å². The highest BCUT2D eigenvalue weighted by molar-refractivity contribution is 7.10. The quantitative estimate of drug-likeness (QED) is 0.745. The minimum absolute atomic E-state index is 0.109. The van der Waals surface area contributed by atoms with Gasteiger partial charge in [-0.25, -0.2) is 4.79 Å². The molecule has 2 atom stereocenters. The van der Waals surface area contributed by atoms with Gasteiger partial charge in [0.2, 0.25) is 5.91 Å². The van der Waals surface area contributed by atoms with Gasteiger partial charge in [0, 0.05) is 9.90 Å². The van der Waals surface area contributed by atoms with Crippen molar-refractivity contribution in [1.82, 2.24) is 10.6 Å². The Kier molecular flexibility index (Phi) is 6.01. The molecule has 0 radical (unpaired) electrons. The van der Waals surface area contributed by atoms with Crippen LogP contribution >= 0.6 is 22.9 Å². The molecule has 0 saturated heterocycles. The molecule has 0 bridgehead atoms. The molecule has 23 heavy (non-hydrogen) atoms. The summed E-state index contributed by atoms with van der Waals surface area (Å²) < 4.78 is 0. The first-order chi connectivity index (χ1) is 11.0. The van der Waals surface area contributed by atoms with E-state index in [0.29, 0.717) is 5.02 Å². The third-order valence-electron chi connectivity index (χ3n) is 3.34. The van der Waals surface area contributed by atoms with Gasteiger partial charge in [0.1, 0.15) is 0 Å². The maximum absolute atomic E-state index is 12.3. The number of primary amides is 1. The number of thiophene rings is 1. The first-order valence-electron chi connectivity index (χ1n) is 7.10. The second kappa shape index (κ2) is 7.99. The number of carbonyl (C=O) groups is 2. The van der Waals surface area contributed by atoms with Gasteiger partial charge < -0.3 is 16.4 Å². The molecule has 2 rings (SSSR count). The number of nitrogens with two attached hydrogens (primary N) is 1. The van der Waals surface area contributed by atoms with E-state index in [-0.39, 0.29) is 18.4 Å². The van der Waals surface area contributed by atoms with Crippen LogP contribution in [0.5, 0.6) is 0 Å². The Balaban J connectivity index is 2.02. The number of urea groups is 1. The molecule has 0 aliphatic heterocycles. The molecule has 7 heteroatoms. The zero-order chi connectivity index (χ0) is 16.8. The lowest BCUT2D eigenvalue weighted by Crippen LogP contribution is -2.36. The smallest absolute Gasteiger partial charge is 0.312 e. The second-order valence-electron chi connectivity index (χ2n) is 5.09. The predicted octanol–water partition coefficient (Wildman–Crippen LogP) is 3.38. The molecule has 0 aliphatic carbocycles. The standard InChI is InChI=1S/C16H18ClN3O2S/c1-10(11-5-2-3-6-12(11)17)19-15(21)9-13(20-16(18)22)14-7-4-8-23-14/h2-8,10,13H,9H2,1H3,(H,19,21)(H3,18,20,22)/t10-,13-/m0/s1. The Morgan fingerprint density at radius 3 is 2.57 bits per heavy atom. The first-order valence-corrected chi connectivity index (χ1v) is 8.36. The van der Waals surface area contributed by atoms with Crippen LogP contribution in [0.4, 0.5) is 4.79 Å². The Morgan fingerprint density at radius 2 is 1.96 bits per heavy atom. The van der Waals surface area contributed by atoms with E-state index in [2.05, 4.69) is 10.6 Å². The van der Waals surface area contributed by atoms with Crippen LogP contribution in [0.25, 0.3) is 0 Å². The number of halogens is 1. The SMILES string of the molecule is C[C@H](NC(=O)C[C@H](NC(N)=O)c1cccs1)c1ccccc1Cl. The topological polar surface area (TPSA) is 84.2 Å². The summed E-state index contributed by atoms with van der Waals surface area (Å²) in [5.41, 5.74) is 6.04. The Hall–Kier alpha value is -2.05. The number of benzene rings is 1. The average Bonchev–Trinajstić information content (AvgIpc) is 3.00. The minimum Gasteiger partial charge on any atom is -0.352 e. The van der Waals surface area contributed by atoms with Gasteiger partial charge in [0.25, 0.3) is 0 Å². The van der Waals surface area contributed by atoms with Crippen molar-refractivity contribution in [3.05, 3.63) is 57.2 Å². The van der Waals surface area contributed by atoms with E-state index in [9.17, 15) is 9.59 Å². The van der Waals surface area contributed by atoms with Crippen molar-refractivity contribution in [3.63, 3.8) is 0 Å². The van der Waals surface area contributed by atoms with Gasteiger partial charge in [0.05, 0.1) is 18.5 Å². The van der Waals surface area contributed by atoms with E-state index in [4.69, 9.17) is 17.3 Å². The zero-order valence-corrected chi connectivity index (χ0v) is 14.2. The van der Waals surface area contributed by atoms with E-state index in [1.807, 2.05) is 42.6 Å². The molecule has 1 aromatic heterocycles. The molecular weight excluding hydrogens is 334 g/mol. The summed E-state index contributed by atoms with van der Waals surface area (Å²) in [5.74, 6) is -0.190. The van der Waals surface area contributed by atoms with Crippen LogP contribution in [0.15, 0.2) is 41.8 Å².